The van der Waals surface area contributed by atoms with Gasteiger partial charge in [-0.1, -0.05) is 37.3 Å². The second-order valence-electron chi connectivity index (χ2n) is 4.83. The molecule has 0 radical (unpaired) electrons. The summed E-state index contributed by atoms with van der Waals surface area (Å²) in [5, 5.41) is 11.3. The predicted octanol–water partition coefficient (Wildman–Crippen LogP) is 3.09. The van der Waals surface area contributed by atoms with E-state index in [1.165, 1.54) is 5.56 Å². The molecule has 4 heteroatoms. The number of nitrogens with zero attached hydrogens (tertiary/aromatic N) is 3. The number of aromatic nitrogens is 3. The number of hydrogen-bond acceptors (Lipinski definition) is 4. The Kier molecular flexibility index (Phi) is 4.44. The molecule has 2 aromatic rings. The predicted molar refractivity (Wildman–Crippen MR) is 77.3 cm³/mol. The number of hydrogen-bond donors (Lipinski definition) is 1. The first kappa shape index (κ1) is 13.5. The summed E-state index contributed by atoms with van der Waals surface area (Å²) in [5.74, 6) is 1.14. The van der Waals surface area contributed by atoms with Crippen molar-refractivity contribution in [2.24, 2.45) is 0 Å². The molecule has 19 heavy (non-hydrogen) atoms. The molecule has 0 spiro atoms. The van der Waals surface area contributed by atoms with Gasteiger partial charge in [0.25, 0.3) is 0 Å². The van der Waals surface area contributed by atoms with E-state index in [0.717, 1.165) is 24.4 Å². The van der Waals surface area contributed by atoms with E-state index in [9.17, 15) is 0 Å². The highest BCUT2D eigenvalue weighted by atomic mass is 15.2. The van der Waals surface area contributed by atoms with Crippen molar-refractivity contribution in [2.75, 3.05) is 11.9 Å². The van der Waals surface area contributed by atoms with Crippen LogP contribution in [-0.2, 0) is 0 Å². The van der Waals surface area contributed by atoms with Gasteiger partial charge in [-0.05, 0) is 31.7 Å². The van der Waals surface area contributed by atoms with Gasteiger partial charge >= 0.3 is 0 Å². The Bertz CT molecular complexity index is 525. The SMILES string of the molecule is Cc1nnc(NCCC(C)c2ccccc2)nc1C. The molecule has 0 aliphatic carbocycles. The second-order valence-corrected chi connectivity index (χ2v) is 4.83. The van der Waals surface area contributed by atoms with E-state index in [0.29, 0.717) is 11.9 Å². The maximum Gasteiger partial charge on any atom is 0.242 e. The summed E-state index contributed by atoms with van der Waals surface area (Å²) in [6, 6.07) is 10.5. The summed E-state index contributed by atoms with van der Waals surface area (Å²) in [4.78, 5) is 4.36. The molecule has 2 rings (SSSR count). The zero-order chi connectivity index (χ0) is 13.7. The van der Waals surface area contributed by atoms with E-state index in [4.69, 9.17) is 0 Å². The number of aryl methyl sites for hydroxylation is 2. The highest BCUT2D eigenvalue weighted by Gasteiger charge is 2.05. The van der Waals surface area contributed by atoms with Gasteiger partial charge in [-0.25, -0.2) is 4.98 Å². The largest absolute Gasteiger partial charge is 0.353 e. The molecule has 1 atom stereocenters. The van der Waals surface area contributed by atoms with Gasteiger partial charge in [0.05, 0.1) is 11.4 Å². The summed E-state index contributed by atoms with van der Waals surface area (Å²) in [6.07, 6.45) is 1.04. The molecule has 4 nitrogen and oxygen atoms in total. The van der Waals surface area contributed by atoms with E-state index < -0.39 is 0 Å². The van der Waals surface area contributed by atoms with Gasteiger partial charge in [0.15, 0.2) is 0 Å². The molecule has 1 aromatic carbocycles. The van der Waals surface area contributed by atoms with Crippen molar-refractivity contribution in [1.29, 1.82) is 0 Å². The zero-order valence-corrected chi connectivity index (χ0v) is 11.7. The highest BCUT2D eigenvalue weighted by molar-refractivity contribution is 5.25. The molecule has 0 aliphatic heterocycles. The summed E-state index contributed by atoms with van der Waals surface area (Å²) in [7, 11) is 0. The lowest BCUT2D eigenvalue weighted by atomic mass is 9.98. The lowest BCUT2D eigenvalue weighted by molar-refractivity contribution is 0.700. The first-order valence-corrected chi connectivity index (χ1v) is 6.63. The van der Waals surface area contributed by atoms with Crippen molar-refractivity contribution in [3.63, 3.8) is 0 Å². The average Bonchev–Trinajstić information content (AvgIpc) is 2.43. The minimum Gasteiger partial charge on any atom is -0.353 e. The van der Waals surface area contributed by atoms with Crippen molar-refractivity contribution in [1.82, 2.24) is 15.2 Å². The summed E-state index contributed by atoms with van der Waals surface area (Å²) in [5.41, 5.74) is 3.17. The highest BCUT2D eigenvalue weighted by Crippen LogP contribution is 2.18. The molecule has 1 unspecified atom stereocenters. The number of benzene rings is 1. The lowest BCUT2D eigenvalue weighted by Gasteiger charge is -2.12. The van der Waals surface area contributed by atoms with Crippen LogP contribution in [0.5, 0.6) is 0 Å². The molecule has 1 N–H and O–H groups in total. The lowest BCUT2D eigenvalue weighted by Crippen LogP contribution is -2.10. The van der Waals surface area contributed by atoms with Gasteiger partial charge in [0, 0.05) is 6.54 Å². The molecule has 100 valence electrons. The third-order valence-corrected chi connectivity index (χ3v) is 3.32. The summed E-state index contributed by atoms with van der Waals surface area (Å²) >= 11 is 0. The van der Waals surface area contributed by atoms with Crippen molar-refractivity contribution in [2.45, 2.75) is 33.1 Å². The van der Waals surface area contributed by atoms with Crippen LogP contribution in [0, 0.1) is 13.8 Å². The van der Waals surface area contributed by atoms with E-state index in [1.54, 1.807) is 0 Å². The van der Waals surface area contributed by atoms with E-state index in [2.05, 4.69) is 51.7 Å². The standard InChI is InChI=1S/C15H20N4/c1-11(14-7-5-4-6-8-14)9-10-16-15-17-12(2)13(3)18-19-15/h4-8,11H,9-10H2,1-3H3,(H,16,17,19). The van der Waals surface area contributed by atoms with Gasteiger partial charge < -0.3 is 5.32 Å². The first-order chi connectivity index (χ1) is 9.16. The molecule has 0 bridgehead atoms. The number of rotatable bonds is 5. The minimum atomic E-state index is 0.521. The van der Waals surface area contributed by atoms with Gasteiger partial charge in [0.2, 0.25) is 5.95 Å². The molecule has 0 saturated heterocycles. The Hall–Kier alpha value is -1.97. The van der Waals surface area contributed by atoms with Crippen LogP contribution in [0.1, 0.15) is 36.2 Å². The topological polar surface area (TPSA) is 50.7 Å². The molecule has 0 saturated carbocycles. The van der Waals surface area contributed by atoms with Crippen LogP contribution < -0.4 is 5.32 Å². The smallest absolute Gasteiger partial charge is 0.242 e. The van der Waals surface area contributed by atoms with Gasteiger partial charge in [0.1, 0.15) is 0 Å². The molecule has 1 aromatic heterocycles. The third kappa shape index (κ3) is 3.74. The van der Waals surface area contributed by atoms with E-state index in [-0.39, 0.29) is 0 Å². The number of anilines is 1. The fourth-order valence-corrected chi connectivity index (χ4v) is 1.88. The Morgan fingerprint density at radius 1 is 1.05 bits per heavy atom. The molecule has 1 heterocycles. The monoisotopic (exact) mass is 256 g/mol. The second kappa shape index (κ2) is 6.27. The molecule has 0 amide bonds. The van der Waals surface area contributed by atoms with Crippen LogP contribution in [0.15, 0.2) is 30.3 Å². The Labute approximate surface area is 114 Å². The molecule has 0 aliphatic rings. The van der Waals surface area contributed by atoms with Crippen LogP contribution in [-0.4, -0.2) is 21.7 Å². The van der Waals surface area contributed by atoms with Crippen LogP contribution >= 0.6 is 0 Å². The average molecular weight is 256 g/mol. The van der Waals surface area contributed by atoms with Crippen molar-refractivity contribution in [3.8, 4) is 0 Å². The van der Waals surface area contributed by atoms with Crippen molar-refractivity contribution < 1.29 is 0 Å². The molecular formula is C15H20N4. The summed E-state index contributed by atoms with van der Waals surface area (Å²) in [6.45, 7) is 6.94. The quantitative estimate of drug-likeness (QED) is 0.893. The van der Waals surface area contributed by atoms with E-state index in [1.807, 2.05) is 19.9 Å². The Morgan fingerprint density at radius 2 is 1.79 bits per heavy atom. The number of nitrogens with one attached hydrogen (secondary N) is 1. The maximum atomic E-state index is 4.36. The van der Waals surface area contributed by atoms with Crippen molar-refractivity contribution in [3.05, 3.63) is 47.3 Å². The summed E-state index contributed by atoms with van der Waals surface area (Å²) < 4.78 is 0. The Morgan fingerprint density at radius 3 is 2.47 bits per heavy atom. The molecular weight excluding hydrogens is 236 g/mol. The Balaban J connectivity index is 1.85. The van der Waals surface area contributed by atoms with Crippen LogP contribution in [0.3, 0.4) is 0 Å². The fraction of sp³-hybridized carbons (Fsp3) is 0.400. The fourth-order valence-electron chi connectivity index (χ4n) is 1.88. The van der Waals surface area contributed by atoms with Crippen molar-refractivity contribution >= 4 is 5.95 Å². The van der Waals surface area contributed by atoms with Gasteiger partial charge in [-0.3, -0.25) is 0 Å². The third-order valence-electron chi connectivity index (χ3n) is 3.32. The van der Waals surface area contributed by atoms with Crippen LogP contribution in [0.2, 0.25) is 0 Å². The first-order valence-electron chi connectivity index (χ1n) is 6.63. The van der Waals surface area contributed by atoms with Crippen LogP contribution in [0.25, 0.3) is 0 Å². The van der Waals surface area contributed by atoms with Gasteiger partial charge in [-0.2, -0.15) is 5.10 Å². The molecule has 0 fully saturated rings. The minimum absolute atomic E-state index is 0.521. The van der Waals surface area contributed by atoms with Crippen LogP contribution in [0.4, 0.5) is 5.95 Å². The van der Waals surface area contributed by atoms with E-state index >= 15 is 0 Å². The normalized spacial score (nSPS) is 12.2. The zero-order valence-electron chi connectivity index (χ0n) is 11.7. The maximum absolute atomic E-state index is 4.36. The van der Waals surface area contributed by atoms with Gasteiger partial charge in [-0.15, -0.1) is 5.10 Å².